The fourth-order valence-corrected chi connectivity index (χ4v) is 5.08. The van der Waals surface area contributed by atoms with Crippen LogP contribution >= 0.6 is 0 Å². The minimum Gasteiger partial charge on any atom is -0.478 e. The lowest BCUT2D eigenvalue weighted by molar-refractivity contribution is 0.0696. The monoisotopic (exact) mass is 447 g/mol. The lowest BCUT2D eigenvalue weighted by Gasteiger charge is -2.33. The number of fused-ring (bicyclic) bond motifs is 1. The molecule has 0 saturated carbocycles. The maximum atomic E-state index is 12.3. The van der Waals surface area contributed by atoms with Gasteiger partial charge in [0.25, 0.3) is 0 Å². The molecule has 0 unspecified atom stereocenters. The lowest BCUT2D eigenvalue weighted by Crippen LogP contribution is -2.40. The molecule has 0 aromatic heterocycles. The molecule has 1 heterocycles. The van der Waals surface area contributed by atoms with E-state index >= 15 is 0 Å². The number of likely N-dealkylation sites (tertiary alicyclic amines) is 1. The van der Waals surface area contributed by atoms with Crippen molar-refractivity contribution < 1.29 is 14.3 Å². The summed E-state index contributed by atoms with van der Waals surface area (Å²) in [5.74, 6) is -0.301. The molecule has 1 saturated heterocycles. The van der Waals surface area contributed by atoms with Gasteiger partial charge in [-0.05, 0) is 83.6 Å². The molecule has 3 nitrogen and oxygen atoms in total. The molecule has 1 N–H and O–H groups in total. The number of nitrogens with zero attached hydrogens (tertiary/aromatic N) is 1. The number of aryl methyl sites for hydroxylation is 1. The summed E-state index contributed by atoms with van der Waals surface area (Å²) < 4.78 is 12.3. The zero-order chi connectivity index (χ0) is 23.4. The first-order valence-electron chi connectivity index (χ1n) is 12.1. The van der Waals surface area contributed by atoms with Crippen molar-refractivity contribution in [3.63, 3.8) is 0 Å². The molecule has 0 spiro atoms. The number of hydrogen-bond acceptors (Lipinski definition) is 2. The largest absolute Gasteiger partial charge is 0.478 e. The topological polar surface area (TPSA) is 40.5 Å². The zero-order valence-corrected chi connectivity index (χ0v) is 19.7. The van der Waals surface area contributed by atoms with Gasteiger partial charge in [-0.25, -0.2) is 4.79 Å². The van der Waals surface area contributed by atoms with Crippen molar-refractivity contribution in [3.05, 3.63) is 81.4 Å². The first kappa shape index (κ1) is 23.4. The summed E-state index contributed by atoms with van der Waals surface area (Å²) in [6.45, 7) is 6.98. The molecule has 1 aliphatic heterocycles. The Labute approximate surface area is 196 Å². The van der Waals surface area contributed by atoms with Crippen LogP contribution in [0.25, 0.3) is 11.6 Å². The summed E-state index contributed by atoms with van der Waals surface area (Å²) in [5.41, 5.74) is 9.23. The van der Waals surface area contributed by atoms with E-state index in [0.717, 1.165) is 50.9 Å². The van der Waals surface area contributed by atoms with Crippen molar-refractivity contribution >= 4 is 17.6 Å². The van der Waals surface area contributed by atoms with Gasteiger partial charge >= 0.3 is 5.97 Å². The van der Waals surface area contributed by atoms with Gasteiger partial charge in [-0.15, -0.1) is 0 Å². The number of alkyl halides is 1. The number of rotatable bonds is 8. The summed E-state index contributed by atoms with van der Waals surface area (Å²) in [7, 11) is 0. The van der Waals surface area contributed by atoms with E-state index in [1.165, 1.54) is 33.4 Å². The Morgan fingerprint density at radius 1 is 1.12 bits per heavy atom. The van der Waals surface area contributed by atoms with Gasteiger partial charge in [-0.1, -0.05) is 55.8 Å². The number of halogens is 1. The summed E-state index contributed by atoms with van der Waals surface area (Å²) in [6.07, 6.45) is 6.92. The predicted octanol–water partition coefficient (Wildman–Crippen LogP) is 6.63. The van der Waals surface area contributed by atoms with Gasteiger partial charge < -0.3 is 5.11 Å². The van der Waals surface area contributed by atoms with Crippen LogP contribution in [0.5, 0.6) is 0 Å². The molecule has 174 valence electrons. The minimum atomic E-state index is -0.869. The van der Waals surface area contributed by atoms with Gasteiger partial charge in [-0.3, -0.25) is 9.29 Å². The molecule has 0 radical (unpaired) electrons. The Hall–Kier alpha value is -2.72. The molecular weight excluding hydrogens is 413 g/mol. The average molecular weight is 448 g/mol. The van der Waals surface area contributed by atoms with Gasteiger partial charge in [-0.2, -0.15) is 0 Å². The standard InChI is InChI=1S/C29H34FNO2/c1-20(2)15-25-6-3-5-24-17-26(29(32)33)11-12-27(24)28(25)23-9-7-21(8-10-23)16-22-18-31(19-22)14-4-13-30/h7-12,16-17,20H,3-6,13-15,18-19H2,1-2H3,(H,32,33). The van der Waals surface area contributed by atoms with Crippen molar-refractivity contribution in [2.24, 2.45) is 5.92 Å². The highest BCUT2D eigenvalue weighted by atomic mass is 19.1. The van der Waals surface area contributed by atoms with Crippen LogP contribution < -0.4 is 0 Å². The first-order chi connectivity index (χ1) is 15.9. The molecule has 0 amide bonds. The average Bonchev–Trinajstić information content (AvgIpc) is 2.93. The third-order valence-electron chi connectivity index (χ3n) is 6.59. The fourth-order valence-electron chi connectivity index (χ4n) is 5.08. The third kappa shape index (κ3) is 5.62. The van der Waals surface area contributed by atoms with Crippen molar-refractivity contribution in [2.45, 2.75) is 46.0 Å². The summed E-state index contributed by atoms with van der Waals surface area (Å²) in [4.78, 5) is 13.8. The minimum absolute atomic E-state index is 0.244. The summed E-state index contributed by atoms with van der Waals surface area (Å²) >= 11 is 0. The second kappa shape index (κ2) is 10.5. The van der Waals surface area contributed by atoms with Crippen LogP contribution in [0.15, 0.2) is 53.6 Å². The Bertz CT molecular complexity index is 1060. The zero-order valence-electron chi connectivity index (χ0n) is 19.7. The number of carboxylic acid groups (broad SMARTS) is 1. The highest BCUT2D eigenvalue weighted by molar-refractivity contribution is 5.90. The van der Waals surface area contributed by atoms with Crippen LogP contribution in [0.1, 0.15) is 72.1 Å². The number of aromatic carboxylic acids is 1. The fraction of sp³-hybridized carbons (Fsp3) is 0.414. The normalized spacial score (nSPS) is 16.4. The van der Waals surface area contributed by atoms with Gasteiger partial charge in [0.05, 0.1) is 12.2 Å². The van der Waals surface area contributed by atoms with E-state index in [-0.39, 0.29) is 6.67 Å². The van der Waals surface area contributed by atoms with Crippen molar-refractivity contribution in [1.82, 2.24) is 4.90 Å². The molecule has 1 aliphatic carbocycles. The smallest absolute Gasteiger partial charge is 0.335 e. The Kier molecular flexibility index (Phi) is 7.44. The maximum absolute atomic E-state index is 12.3. The molecule has 2 aliphatic rings. The maximum Gasteiger partial charge on any atom is 0.335 e. The van der Waals surface area contributed by atoms with E-state index in [0.29, 0.717) is 17.9 Å². The lowest BCUT2D eigenvalue weighted by atomic mass is 9.86. The molecule has 33 heavy (non-hydrogen) atoms. The van der Waals surface area contributed by atoms with Crippen molar-refractivity contribution in [2.75, 3.05) is 26.3 Å². The first-order valence-corrected chi connectivity index (χ1v) is 12.1. The molecular formula is C29H34FNO2. The molecule has 4 heteroatoms. The molecule has 0 bridgehead atoms. The highest BCUT2D eigenvalue weighted by Crippen LogP contribution is 2.38. The van der Waals surface area contributed by atoms with Gasteiger partial charge in [0, 0.05) is 19.6 Å². The molecule has 1 fully saturated rings. The van der Waals surface area contributed by atoms with Crippen LogP contribution in [-0.2, 0) is 6.42 Å². The van der Waals surface area contributed by atoms with Gasteiger partial charge in [0.2, 0.25) is 0 Å². The van der Waals surface area contributed by atoms with E-state index < -0.39 is 5.97 Å². The molecule has 2 aromatic carbocycles. The van der Waals surface area contributed by atoms with Crippen LogP contribution in [0.2, 0.25) is 0 Å². The summed E-state index contributed by atoms with van der Waals surface area (Å²) in [5, 5.41) is 9.46. The van der Waals surface area contributed by atoms with Crippen LogP contribution in [0, 0.1) is 5.92 Å². The second-order valence-electron chi connectivity index (χ2n) is 9.78. The summed E-state index contributed by atoms with van der Waals surface area (Å²) in [6, 6.07) is 14.4. The Balaban J connectivity index is 1.63. The Morgan fingerprint density at radius 2 is 1.88 bits per heavy atom. The van der Waals surface area contributed by atoms with Crippen molar-refractivity contribution in [1.29, 1.82) is 0 Å². The second-order valence-corrected chi connectivity index (χ2v) is 9.78. The van der Waals surface area contributed by atoms with Gasteiger partial charge in [0.1, 0.15) is 0 Å². The third-order valence-corrected chi connectivity index (χ3v) is 6.59. The quantitative estimate of drug-likeness (QED) is 0.494. The van der Waals surface area contributed by atoms with E-state index in [4.69, 9.17) is 0 Å². The molecule has 4 rings (SSSR count). The molecule has 2 aromatic rings. The van der Waals surface area contributed by atoms with Gasteiger partial charge in [0.15, 0.2) is 0 Å². The SMILES string of the molecule is CC(C)CC1=C(c2ccc(C=C3CN(CCCF)C3)cc2)c2ccc(C(=O)O)cc2CCC1. The van der Waals surface area contributed by atoms with E-state index in [1.807, 2.05) is 12.1 Å². The Morgan fingerprint density at radius 3 is 2.55 bits per heavy atom. The van der Waals surface area contributed by atoms with E-state index in [9.17, 15) is 14.3 Å². The van der Waals surface area contributed by atoms with E-state index in [1.54, 1.807) is 6.07 Å². The number of hydrogen-bond donors (Lipinski definition) is 1. The van der Waals surface area contributed by atoms with Crippen LogP contribution in [0.4, 0.5) is 4.39 Å². The van der Waals surface area contributed by atoms with E-state index in [2.05, 4.69) is 49.1 Å². The highest BCUT2D eigenvalue weighted by Gasteiger charge is 2.22. The number of benzene rings is 2. The number of carbonyl (C=O) groups is 1. The van der Waals surface area contributed by atoms with Crippen molar-refractivity contribution in [3.8, 4) is 0 Å². The molecule has 0 atom stereocenters. The predicted molar refractivity (Wildman–Crippen MR) is 133 cm³/mol. The number of carboxylic acids is 1. The van der Waals surface area contributed by atoms with Crippen LogP contribution in [0.3, 0.4) is 0 Å². The van der Waals surface area contributed by atoms with Crippen LogP contribution in [-0.4, -0.2) is 42.3 Å². The number of allylic oxidation sites excluding steroid dienone is 1.